The zero-order chi connectivity index (χ0) is 18.7. The van der Waals surface area contributed by atoms with Crippen molar-refractivity contribution in [1.82, 2.24) is 0 Å². The van der Waals surface area contributed by atoms with Crippen molar-refractivity contribution in [2.45, 2.75) is 4.90 Å². The van der Waals surface area contributed by atoms with Gasteiger partial charge in [-0.1, -0.05) is 60.7 Å². The fraction of sp³-hybridized carbons (Fsp3) is 0.0526. The van der Waals surface area contributed by atoms with E-state index in [0.717, 1.165) is 15.4 Å². The molecule has 6 nitrogen and oxygen atoms in total. The number of rotatable bonds is 5. The van der Waals surface area contributed by atoms with Crippen LogP contribution in [0, 0.1) is 10.1 Å². The number of benzene rings is 3. The van der Waals surface area contributed by atoms with Crippen LogP contribution in [0.1, 0.15) is 0 Å². The lowest BCUT2D eigenvalue weighted by atomic mass is 10.0. The predicted molar refractivity (Wildman–Crippen MR) is 101 cm³/mol. The standard InChI is InChI=1S/C19H16N2O4S/c1-20(26(24,25)19-14-8-7-13-18(19)21(22)23)17-12-6-5-11-16(17)15-9-3-2-4-10-15/h2-14H,1H3. The number of nitrogens with zero attached hydrogens (tertiary/aromatic N) is 2. The Morgan fingerprint density at radius 1 is 0.846 bits per heavy atom. The third-order valence-electron chi connectivity index (χ3n) is 4.03. The molecule has 26 heavy (non-hydrogen) atoms. The Morgan fingerprint density at radius 2 is 1.42 bits per heavy atom. The highest BCUT2D eigenvalue weighted by atomic mass is 32.2. The maximum Gasteiger partial charge on any atom is 0.289 e. The van der Waals surface area contributed by atoms with E-state index in [4.69, 9.17) is 0 Å². The van der Waals surface area contributed by atoms with Crippen LogP contribution in [-0.4, -0.2) is 20.4 Å². The molecule has 7 heteroatoms. The molecule has 3 rings (SSSR count). The zero-order valence-electron chi connectivity index (χ0n) is 13.9. The molecule has 0 bridgehead atoms. The molecule has 0 fully saturated rings. The Bertz CT molecular complexity index is 1050. The Hall–Kier alpha value is -3.19. The van der Waals surface area contributed by atoms with Gasteiger partial charge in [0.25, 0.3) is 15.7 Å². The summed E-state index contributed by atoms with van der Waals surface area (Å²) in [5.74, 6) is 0. The van der Waals surface area contributed by atoms with Gasteiger partial charge in [-0.2, -0.15) is 0 Å². The first-order valence-corrected chi connectivity index (χ1v) is 9.24. The summed E-state index contributed by atoms with van der Waals surface area (Å²) in [4.78, 5) is 10.2. The van der Waals surface area contributed by atoms with Crippen molar-refractivity contribution >= 4 is 21.4 Å². The molecule has 3 aromatic rings. The van der Waals surface area contributed by atoms with Crippen LogP contribution >= 0.6 is 0 Å². The third kappa shape index (κ3) is 3.16. The van der Waals surface area contributed by atoms with Crippen molar-refractivity contribution in [2.75, 3.05) is 11.4 Å². The van der Waals surface area contributed by atoms with Crippen LogP contribution in [0.25, 0.3) is 11.1 Å². The van der Waals surface area contributed by atoms with Gasteiger partial charge in [0.15, 0.2) is 4.90 Å². The first-order valence-electron chi connectivity index (χ1n) is 7.79. The number of para-hydroxylation sites is 2. The van der Waals surface area contributed by atoms with Crippen LogP contribution in [0.2, 0.25) is 0 Å². The fourth-order valence-electron chi connectivity index (χ4n) is 2.71. The van der Waals surface area contributed by atoms with Crippen LogP contribution < -0.4 is 4.31 Å². The maximum absolute atomic E-state index is 13.1. The average Bonchev–Trinajstić information content (AvgIpc) is 2.68. The lowest BCUT2D eigenvalue weighted by molar-refractivity contribution is -0.387. The summed E-state index contributed by atoms with van der Waals surface area (Å²) in [6, 6.07) is 21.7. The molecule has 0 aromatic heterocycles. The highest BCUT2D eigenvalue weighted by Gasteiger charge is 2.30. The number of hydrogen-bond donors (Lipinski definition) is 0. The molecule has 132 valence electrons. The molecule has 0 atom stereocenters. The number of nitro benzene ring substituents is 1. The second-order valence-corrected chi connectivity index (χ2v) is 7.52. The van der Waals surface area contributed by atoms with Gasteiger partial charge in [-0.05, 0) is 17.7 Å². The molecule has 0 radical (unpaired) electrons. The van der Waals surface area contributed by atoms with Crippen molar-refractivity contribution in [3.63, 3.8) is 0 Å². The minimum atomic E-state index is -4.11. The largest absolute Gasteiger partial charge is 0.289 e. The lowest BCUT2D eigenvalue weighted by Crippen LogP contribution is -2.27. The minimum Gasteiger partial charge on any atom is -0.269 e. The fourth-order valence-corrected chi connectivity index (χ4v) is 4.08. The summed E-state index contributed by atoms with van der Waals surface area (Å²) in [6.07, 6.45) is 0. The molecule has 0 aliphatic carbocycles. The topological polar surface area (TPSA) is 80.5 Å². The highest BCUT2D eigenvalue weighted by molar-refractivity contribution is 7.93. The van der Waals surface area contributed by atoms with E-state index >= 15 is 0 Å². The molecule has 0 spiro atoms. The van der Waals surface area contributed by atoms with Gasteiger partial charge in [-0.3, -0.25) is 14.4 Å². The van der Waals surface area contributed by atoms with Crippen LogP contribution in [0.15, 0.2) is 83.8 Å². The highest BCUT2D eigenvalue weighted by Crippen LogP contribution is 2.34. The molecule has 0 N–H and O–H groups in total. The average molecular weight is 368 g/mol. The van der Waals surface area contributed by atoms with E-state index < -0.39 is 20.6 Å². The van der Waals surface area contributed by atoms with Gasteiger partial charge in [0.1, 0.15) is 0 Å². The molecule has 0 aliphatic heterocycles. The van der Waals surface area contributed by atoms with E-state index in [0.29, 0.717) is 5.69 Å². The summed E-state index contributed by atoms with van der Waals surface area (Å²) in [7, 11) is -2.71. The predicted octanol–water partition coefficient (Wildman–Crippen LogP) is 4.09. The summed E-state index contributed by atoms with van der Waals surface area (Å²) in [5.41, 5.74) is 1.57. The Labute approximate surface area is 151 Å². The minimum absolute atomic E-state index is 0.338. The molecule has 0 unspecified atom stereocenters. The van der Waals surface area contributed by atoms with Crippen LogP contribution in [-0.2, 0) is 10.0 Å². The van der Waals surface area contributed by atoms with Gasteiger partial charge in [0.05, 0.1) is 10.6 Å². The number of hydrogen-bond acceptors (Lipinski definition) is 4. The molecule has 0 saturated carbocycles. The smallest absolute Gasteiger partial charge is 0.269 e. The van der Waals surface area contributed by atoms with Crippen LogP contribution in [0.5, 0.6) is 0 Å². The summed E-state index contributed by atoms with van der Waals surface area (Å²) in [6.45, 7) is 0. The molecular weight excluding hydrogens is 352 g/mol. The number of anilines is 1. The number of sulfonamides is 1. The monoisotopic (exact) mass is 368 g/mol. The van der Waals surface area contributed by atoms with Gasteiger partial charge >= 0.3 is 0 Å². The molecule has 0 saturated heterocycles. The third-order valence-corrected chi connectivity index (χ3v) is 5.85. The second-order valence-electron chi connectivity index (χ2n) is 5.58. The van der Waals surface area contributed by atoms with E-state index in [1.165, 1.54) is 31.3 Å². The molecular formula is C19H16N2O4S. The molecule has 0 amide bonds. The van der Waals surface area contributed by atoms with Gasteiger partial charge in [-0.25, -0.2) is 8.42 Å². The van der Waals surface area contributed by atoms with Gasteiger partial charge < -0.3 is 0 Å². The molecule has 0 aliphatic rings. The number of nitro groups is 1. The SMILES string of the molecule is CN(c1ccccc1-c1ccccc1)S(=O)(=O)c1ccccc1[N+](=O)[O-]. The van der Waals surface area contributed by atoms with Gasteiger partial charge in [-0.15, -0.1) is 0 Å². The van der Waals surface area contributed by atoms with Crippen molar-refractivity contribution in [3.8, 4) is 11.1 Å². The summed E-state index contributed by atoms with van der Waals surface area (Å²) in [5, 5.41) is 11.2. The van der Waals surface area contributed by atoms with E-state index in [1.54, 1.807) is 12.1 Å². The van der Waals surface area contributed by atoms with E-state index in [-0.39, 0.29) is 4.90 Å². The van der Waals surface area contributed by atoms with Crippen LogP contribution in [0.3, 0.4) is 0 Å². The van der Waals surface area contributed by atoms with Crippen molar-refractivity contribution in [3.05, 3.63) is 89.0 Å². The second kappa shape index (κ2) is 6.97. The van der Waals surface area contributed by atoms with E-state index in [9.17, 15) is 18.5 Å². The normalized spacial score (nSPS) is 11.1. The van der Waals surface area contributed by atoms with E-state index in [1.807, 2.05) is 42.5 Å². The quantitative estimate of drug-likeness (QED) is 0.502. The Kier molecular flexibility index (Phi) is 4.73. The molecule has 0 heterocycles. The van der Waals surface area contributed by atoms with E-state index in [2.05, 4.69) is 0 Å². The first-order chi connectivity index (χ1) is 12.4. The summed E-state index contributed by atoms with van der Waals surface area (Å²) >= 11 is 0. The summed E-state index contributed by atoms with van der Waals surface area (Å²) < 4.78 is 27.2. The Morgan fingerprint density at radius 3 is 2.12 bits per heavy atom. The Balaban J connectivity index is 2.14. The van der Waals surface area contributed by atoms with Crippen LogP contribution in [0.4, 0.5) is 11.4 Å². The van der Waals surface area contributed by atoms with Crippen molar-refractivity contribution in [1.29, 1.82) is 0 Å². The zero-order valence-corrected chi connectivity index (χ0v) is 14.8. The van der Waals surface area contributed by atoms with Crippen molar-refractivity contribution < 1.29 is 13.3 Å². The van der Waals surface area contributed by atoms with Crippen molar-refractivity contribution in [2.24, 2.45) is 0 Å². The van der Waals surface area contributed by atoms with Gasteiger partial charge in [0, 0.05) is 18.7 Å². The lowest BCUT2D eigenvalue weighted by Gasteiger charge is -2.22. The molecule has 3 aromatic carbocycles. The first kappa shape index (κ1) is 17.6. The van der Waals surface area contributed by atoms with Gasteiger partial charge in [0.2, 0.25) is 0 Å². The maximum atomic E-state index is 13.1.